The third kappa shape index (κ3) is 1.09. The number of ether oxygens (including phenoxy) is 2. The number of fused-ring (bicyclic) bond motifs is 1. The fourth-order valence-corrected chi connectivity index (χ4v) is 2.91. The van der Waals surface area contributed by atoms with Gasteiger partial charge in [0.25, 0.3) is 0 Å². The largest absolute Gasteiger partial charge is 0.487 e. The average Bonchev–Trinajstić information content (AvgIpc) is 2.69. The van der Waals surface area contributed by atoms with Crippen LogP contribution in [0.3, 0.4) is 0 Å². The van der Waals surface area contributed by atoms with Crippen LogP contribution < -0.4 is 0 Å². The Morgan fingerprint density at radius 2 is 2.40 bits per heavy atom. The van der Waals surface area contributed by atoms with Gasteiger partial charge in [0.05, 0.1) is 12.9 Å². The van der Waals surface area contributed by atoms with Crippen molar-refractivity contribution in [3.05, 3.63) is 24.5 Å². The van der Waals surface area contributed by atoms with Gasteiger partial charge in [0, 0.05) is 0 Å². The van der Waals surface area contributed by atoms with Crippen molar-refractivity contribution in [1.29, 1.82) is 0 Å². The van der Waals surface area contributed by atoms with E-state index in [1.54, 1.807) is 6.08 Å². The van der Waals surface area contributed by atoms with Crippen molar-refractivity contribution in [3.8, 4) is 0 Å². The first-order valence-electron chi connectivity index (χ1n) is 5.21. The molecule has 2 atom stereocenters. The smallest absolute Gasteiger partial charge is 0.320 e. The molecule has 1 saturated carbocycles. The quantitative estimate of drug-likeness (QED) is 0.515. The van der Waals surface area contributed by atoms with Gasteiger partial charge in [-0.1, -0.05) is 6.58 Å². The molecule has 1 fully saturated rings. The highest BCUT2D eigenvalue weighted by molar-refractivity contribution is 5.83. The summed E-state index contributed by atoms with van der Waals surface area (Å²) >= 11 is 0. The van der Waals surface area contributed by atoms with Crippen LogP contribution in [0.4, 0.5) is 0 Å². The number of carbonyl (C=O) groups is 1. The van der Waals surface area contributed by atoms with Crippen molar-refractivity contribution in [2.75, 3.05) is 7.11 Å². The highest BCUT2D eigenvalue weighted by Gasteiger charge is 2.62. The second-order valence-corrected chi connectivity index (χ2v) is 4.27. The molecule has 1 aliphatic heterocycles. The molecule has 0 aromatic rings. The van der Waals surface area contributed by atoms with Crippen LogP contribution in [0.1, 0.15) is 26.2 Å². The predicted molar refractivity (Wildman–Crippen MR) is 56.1 cm³/mol. The Labute approximate surface area is 89.8 Å². The molecule has 0 aromatic carbocycles. The molecular weight excluding hydrogens is 192 g/mol. The molecule has 2 rings (SSSR count). The van der Waals surface area contributed by atoms with Crippen molar-refractivity contribution in [1.82, 2.24) is 0 Å². The Bertz CT molecular complexity index is 345. The van der Waals surface area contributed by atoms with Gasteiger partial charge >= 0.3 is 5.97 Å². The lowest BCUT2D eigenvalue weighted by molar-refractivity contribution is -0.156. The van der Waals surface area contributed by atoms with Gasteiger partial charge in [0.1, 0.15) is 11.0 Å². The van der Waals surface area contributed by atoms with Crippen molar-refractivity contribution in [2.45, 2.75) is 31.8 Å². The third-order valence-electron chi connectivity index (χ3n) is 3.55. The third-order valence-corrected chi connectivity index (χ3v) is 3.55. The van der Waals surface area contributed by atoms with Crippen LogP contribution in [0.2, 0.25) is 0 Å². The minimum atomic E-state index is -0.631. The van der Waals surface area contributed by atoms with Gasteiger partial charge in [-0.05, 0) is 38.3 Å². The summed E-state index contributed by atoms with van der Waals surface area (Å²) in [5.74, 6) is 0.580. The van der Waals surface area contributed by atoms with Gasteiger partial charge in [-0.2, -0.15) is 0 Å². The molecular formula is C12H16O3. The number of rotatable bonds is 2. The van der Waals surface area contributed by atoms with Crippen LogP contribution in [-0.2, 0) is 14.3 Å². The zero-order chi connectivity index (χ0) is 11.1. The maximum atomic E-state index is 11.9. The Kier molecular flexibility index (Phi) is 2.14. The summed E-state index contributed by atoms with van der Waals surface area (Å²) in [6.45, 7) is 5.68. The number of hydrogen-bond acceptors (Lipinski definition) is 3. The zero-order valence-corrected chi connectivity index (χ0v) is 9.21. The van der Waals surface area contributed by atoms with Crippen molar-refractivity contribution in [2.24, 2.45) is 5.41 Å². The van der Waals surface area contributed by atoms with Crippen LogP contribution in [0.15, 0.2) is 24.5 Å². The van der Waals surface area contributed by atoms with Gasteiger partial charge in [-0.3, -0.25) is 4.79 Å². The molecule has 1 heterocycles. The topological polar surface area (TPSA) is 35.5 Å². The number of hydrogen-bond donors (Lipinski definition) is 0. The lowest BCUT2D eigenvalue weighted by Crippen LogP contribution is -2.45. The van der Waals surface area contributed by atoms with Gasteiger partial charge in [0.15, 0.2) is 0 Å². The molecule has 82 valence electrons. The predicted octanol–water partition coefficient (Wildman–Crippen LogP) is 2.19. The molecule has 0 saturated heterocycles. The zero-order valence-electron chi connectivity index (χ0n) is 9.21. The number of allylic oxidation sites excluding steroid dienone is 1. The van der Waals surface area contributed by atoms with E-state index in [1.165, 1.54) is 7.11 Å². The molecule has 0 bridgehead atoms. The summed E-state index contributed by atoms with van der Waals surface area (Å²) in [6.07, 6.45) is 6.23. The highest BCUT2D eigenvalue weighted by Crippen LogP contribution is 2.56. The Morgan fingerprint density at radius 1 is 1.67 bits per heavy atom. The summed E-state index contributed by atoms with van der Waals surface area (Å²) in [5, 5.41) is 0. The first kappa shape index (κ1) is 10.3. The number of carbonyl (C=O) groups excluding carboxylic acids is 1. The molecule has 3 nitrogen and oxygen atoms in total. The highest BCUT2D eigenvalue weighted by atomic mass is 16.5. The van der Waals surface area contributed by atoms with Gasteiger partial charge in [-0.15, -0.1) is 0 Å². The van der Waals surface area contributed by atoms with E-state index in [2.05, 4.69) is 6.58 Å². The number of methoxy groups -OCH3 is 1. The summed E-state index contributed by atoms with van der Waals surface area (Å²) in [6, 6.07) is 0. The minimum Gasteiger partial charge on any atom is -0.487 e. The van der Waals surface area contributed by atoms with Crippen LogP contribution in [0, 0.1) is 5.41 Å². The van der Waals surface area contributed by atoms with Crippen molar-refractivity contribution >= 4 is 5.97 Å². The van der Waals surface area contributed by atoms with Crippen LogP contribution in [0.25, 0.3) is 0 Å². The van der Waals surface area contributed by atoms with Crippen LogP contribution in [-0.4, -0.2) is 18.7 Å². The molecule has 0 amide bonds. The molecule has 3 heteroatoms. The maximum absolute atomic E-state index is 11.9. The van der Waals surface area contributed by atoms with Crippen molar-refractivity contribution < 1.29 is 14.3 Å². The average molecular weight is 208 g/mol. The van der Waals surface area contributed by atoms with E-state index in [9.17, 15) is 4.79 Å². The SMILES string of the molecule is C=C[C@@]12CCC[C@]1(C(=O)OC)C=C(C)O2. The van der Waals surface area contributed by atoms with Crippen LogP contribution in [0.5, 0.6) is 0 Å². The van der Waals surface area contributed by atoms with Gasteiger partial charge in [-0.25, -0.2) is 0 Å². The van der Waals surface area contributed by atoms with E-state index in [1.807, 2.05) is 13.0 Å². The van der Waals surface area contributed by atoms with E-state index in [0.717, 1.165) is 25.0 Å². The van der Waals surface area contributed by atoms with Gasteiger partial charge < -0.3 is 9.47 Å². The van der Waals surface area contributed by atoms with Crippen LogP contribution >= 0.6 is 0 Å². The van der Waals surface area contributed by atoms with E-state index in [0.29, 0.717) is 0 Å². The second kappa shape index (κ2) is 3.12. The summed E-state index contributed by atoms with van der Waals surface area (Å²) in [7, 11) is 1.42. The van der Waals surface area contributed by atoms with Gasteiger partial charge in [0.2, 0.25) is 0 Å². The lowest BCUT2D eigenvalue weighted by atomic mass is 9.75. The Balaban J connectivity index is 2.49. The molecule has 0 radical (unpaired) electrons. The summed E-state index contributed by atoms with van der Waals surface area (Å²) in [4.78, 5) is 11.9. The monoisotopic (exact) mass is 208 g/mol. The van der Waals surface area contributed by atoms with E-state index in [-0.39, 0.29) is 5.97 Å². The number of esters is 1. The molecule has 0 N–H and O–H groups in total. The van der Waals surface area contributed by atoms with E-state index < -0.39 is 11.0 Å². The molecule has 15 heavy (non-hydrogen) atoms. The maximum Gasteiger partial charge on any atom is 0.320 e. The summed E-state index contributed by atoms with van der Waals surface area (Å²) < 4.78 is 10.7. The molecule has 2 aliphatic rings. The van der Waals surface area contributed by atoms with E-state index in [4.69, 9.17) is 9.47 Å². The standard InChI is InChI=1S/C12H16O3/c1-4-12-7-5-6-11(12,10(13)14-3)8-9(2)15-12/h4,8H,1,5-7H2,2-3H3/t11-,12-/m1/s1. The Hall–Kier alpha value is -1.25. The molecule has 0 unspecified atom stereocenters. The summed E-state index contributed by atoms with van der Waals surface area (Å²) in [5.41, 5.74) is -1.20. The molecule has 0 spiro atoms. The normalized spacial score (nSPS) is 37.9. The molecule has 0 aromatic heterocycles. The Morgan fingerprint density at radius 3 is 3.00 bits per heavy atom. The second-order valence-electron chi connectivity index (χ2n) is 4.27. The minimum absolute atomic E-state index is 0.211. The first-order chi connectivity index (χ1) is 7.10. The first-order valence-corrected chi connectivity index (χ1v) is 5.21. The fraction of sp³-hybridized carbons (Fsp3) is 0.583. The van der Waals surface area contributed by atoms with E-state index >= 15 is 0 Å². The van der Waals surface area contributed by atoms with Crippen molar-refractivity contribution in [3.63, 3.8) is 0 Å². The molecule has 1 aliphatic carbocycles. The fourth-order valence-electron chi connectivity index (χ4n) is 2.91. The lowest BCUT2D eigenvalue weighted by Gasteiger charge is -2.33.